The van der Waals surface area contributed by atoms with E-state index in [-0.39, 0.29) is 6.61 Å². The third-order valence-electron chi connectivity index (χ3n) is 3.71. The second-order valence-corrected chi connectivity index (χ2v) is 4.82. The first-order valence-corrected chi connectivity index (χ1v) is 7.02. The maximum atomic E-state index is 10.1. The second-order valence-electron chi connectivity index (χ2n) is 4.82. The van der Waals surface area contributed by atoms with Crippen molar-refractivity contribution in [1.82, 2.24) is 0 Å². The van der Waals surface area contributed by atoms with Crippen molar-refractivity contribution in [3.05, 3.63) is 35.4 Å². The number of aliphatic hydroxyl groups excluding tert-OH is 3. The van der Waals surface area contributed by atoms with Crippen LogP contribution in [0.4, 0.5) is 0 Å². The number of rotatable bonds is 1. The van der Waals surface area contributed by atoms with E-state index in [1.165, 1.54) is 0 Å². The highest BCUT2D eigenvalue weighted by molar-refractivity contribution is 5.30. The van der Waals surface area contributed by atoms with Crippen LogP contribution in [0, 0.1) is 0 Å². The van der Waals surface area contributed by atoms with E-state index in [9.17, 15) is 10.2 Å². The normalized spacial score (nSPS) is 35.4. The first-order valence-electron chi connectivity index (χ1n) is 7.02. The van der Waals surface area contributed by atoms with Crippen molar-refractivity contribution in [3.8, 4) is 0 Å². The first-order chi connectivity index (χ1) is 9.66. The Morgan fingerprint density at radius 3 is 2.45 bits per heavy atom. The smallest absolute Gasteiger partial charge is 0.202 e. The van der Waals surface area contributed by atoms with Crippen molar-refractivity contribution in [3.63, 3.8) is 0 Å². The van der Waals surface area contributed by atoms with Crippen LogP contribution in [0.1, 0.15) is 25.0 Å². The molecule has 0 aliphatic carbocycles. The molecule has 0 unspecified atom stereocenters. The van der Waals surface area contributed by atoms with E-state index in [1.807, 2.05) is 38.1 Å². The molecule has 1 aromatic carbocycles. The quantitative estimate of drug-likeness (QED) is 0.703. The average Bonchev–Trinajstić information content (AvgIpc) is 2.74. The zero-order valence-corrected chi connectivity index (χ0v) is 11.8. The summed E-state index contributed by atoms with van der Waals surface area (Å²) in [5.74, 6) is -1.23. The van der Waals surface area contributed by atoms with Gasteiger partial charge in [-0.1, -0.05) is 38.1 Å². The van der Waals surface area contributed by atoms with Crippen molar-refractivity contribution < 1.29 is 24.8 Å². The third kappa shape index (κ3) is 2.47. The summed E-state index contributed by atoms with van der Waals surface area (Å²) in [7, 11) is 0. The highest BCUT2D eigenvalue weighted by Gasteiger charge is 2.56. The number of aliphatic hydroxyl groups is 3. The largest absolute Gasteiger partial charge is 0.394 e. The molecule has 1 spiro atoms. The summed E-state index contributed by atoms with van der Waals surface area (Å²) in [5, 5.41) is 29.0. The van der Waals surface area contributed by atoms with E-state index in [0.717, 1.165) is 11.1 Å². The Labute approximate surface area is 118 Å². The van der Waals surface area contributed by atoms with Crippen molar-refractivity contribution in [2.75, 3.05) is 6.61 Å². The Bertz CT molecular complexity index is 450. The van der Waals surface area contributed by atoms with Crippen molar-refractivity contribution in [1.29, 1.82) is 0 Å². The molecule has 3 rings (SSSR count). The lowest BCUT2D eigenvalue weighted by molar-refractivity contribution is -0.271. The van der Waals surface area contributed by atoms with E-state index in [4.69, 9.17) is 14.6 Å². The van der Waals surface area contributed by atoms with E-state index >= 15 is 0 Å². The monoisotopic (exact) mass is 282 g/mol. The zero-order valence-electron chi connectivity index (χ0n) is 11.8. The molecule has 2 aliphatic heterocycles. The van der Waals surface area contributed by atoms with E-state index < -0.39 is 24.1 Å². The predicted molar refractivity (Wildman–Crippen MR) is 73.0 cm³/mol. The highest BCUT2D eigenvalue weighted by Crippen LogP contribution is 2.39. The molecule has 4 atom stereocenters. The van der Waals surface area contributed by atoms with Gasteiger partial charge in [0.05, 0.1) is 13.2 Å². The van der Waals surface area contributed by atoms with Crippen LogP contribution in [0.5, 0.6) is 0 Å². The lowest BCUT2D eigenvalue weighted by Gasteiger charge is -2.36. The predicted octanol–water partition coefficient (Wildman–Crippen LogP) is 0.595. The van der Waals surface area contributed by atoms with Gasteiger partial charge in [-0.25, -0.2) is 0 Å². The standard InChI is InChI=1S/C13H16O5.C2H6/c14-6-10-11(15)12(16)13(18-10)5-8-3-1-2-4-9(8)7-17-13;1-2/h1-4,10-12,14-16H,5-7H2;1-2H3/t10-,11-,12+,13+;/m1./s1. The summed E-state index contributed by atoms with van der Waals surface area (Å²) in [6.45, 7) is 3.99. The van der Waals surface area contributed by atoms with Gasteiger partial charge < -0.3 is 24.8 Å². The molecule has 5 nitrogen and oxygen atoms in total. The molecule has 5 heteroatoms. The van der Waals surface area contributed by atoms with Gasteiger partial charge in [-0.3, -0.25) is 0 Å². The van der Waals surface area contributed by atoms with Crippen LogP contribution in [-0.4, -0.2) is 46.0 Å². The fourth-order valence-corrected chi connectivity index (χ4v) is 2.66. The minimum absolute atomic E-state index is 0.331. The van der Waals surface area contributed by atoms with Crippen LogP contribution in [0.3, 0.4) is 0 Å². The van der Waals surface area contributed by atoms with Crippen molar-refractivity contribution >= 4 is 0 Å². The molecule has 1 fully saturated rings. The Hall–Kier alpha value is -0.980. The summed E-state index contributed by atoms with van der Waals surface area (Å²) in [6.07, 6.45) is -2.70. The minimum atomic E-state index is -1.23. The van der Waals surface area contributed by atoms with E-state index in [1.54, 1.807) is 0 Å². The van der Waals surface area contributed by atoms with Crippen LogP contribution in [0.15, 0.2) is 24.3 Å². The molecular weight excluding hydrogens is 260 g/mol. The molecule has 1 saturated heterocycles. The van der Waals surface area contributed by atoms with Crippen LogP contribution in [0.2, 0.25) is 0 Å². The second kappa shape index (κ2) is 6.20. The summed E-state index contributed by atoms with van der Waals surface area (Å²) in [4.78, 5) is 0. The van der Waals surface area contributed by atoms with Gasteiger partial charge in [-0.15, -0.1) is 0 Å². The fraction of sp³-hybridized carbons (Fsp3) is 0.600. The number of fused-ring (bicyclic) bond motifs is 1. The molecule has 0 aromatic heterocycles. The Balaban J connectivity index is 0.000000704. The van der Waals surface area contributed by atoms with Crippen LogP contribution in [0.25, 0.3) is 0 Å². The summed E-state index contributed by atoms with van der Waals surface area (Å²) in [6, 6.07) is 7.76. The Morgan fingerprint density at radius 2 is 1.85 bits per heavy atom. The molecule has 2 heterocycles. The number of hydrogen-bond donors (Lipinski definition) is 3. The van der Waals surface area contributed by atoms with Crippen molar-refractivity contribution in [2.45, 2.75) is 51.0 Å². The molecule has 0 amide bonds. The molecule has 2 aliphatic rings. The molecule has 112 valence electrons. The van der Waals surface area contributed by atoms with Crippen LogP contribution < -0.4 is 0 Å². The minimum Gasteiger partial charge on any atom is -0.394 e. The average molecular weight is 282 g/mol. The first kappa shape index (κ1) is 15.4. The Kier molecular flexibility index (Phi) is 4.78. The van der Waals surface area contributed by atoms with Gasteiger partial charge in [0.2, 0.25) is 5.79 Å². The van der Waals surface area contributed by atoms with Gasteiger partial charge in [-0.2, -0.15) is 0 Å². The molecule has 0 bridgehead atoms. The lowest BCUT2D eigenvalue weighted by atomic mass is 9.92. The van der Waals surface area contributed by atoms with Crippen LogP contribution in [-0.2, 0) is 22.5 Å². The summed E-state index contributed by atoms with van der Waals surface area (Å²) < 4.78 is 11.2. The number of hydrogen-bond acceptors (Lipinski definition) is 5. The zero-order chi connectivity index (χ0) is 14.8. The maximum Gasteiger partial charge on any atom is 0.202 e. The van der Waals surface area contributed by atoms with Gasteiger partial charge >= 0.3 is 0 Å². The van der Waals surface area contributed by atoms with Gasteiger partial charge in [-0.05, 0) is 11.1 Å². The topological polar surface area (TPSA) is 79.2 Å². The van der Waals surface area contributed by atoms with Crippen molar-refractivity contribution in [2.24, 2.45) is 0 Å². The third-order valence-corrected chi connectivity index (χ3v) is 3.71. The van der Waals surface area contributed by atoms with Gasteiger partial charge in [0.25, 0.3) is 0 Å². The molecular formula is C15H22O5. The Morgan fingerprint density at radius 1 is 1.20 bits per heavy atom. The molecule has 20 heavy (non-hydrogen) atoms. The molecule has 1 aromatic rings. The SMILES string of the molecule is CC.OC[C@H]1O[C@@]2(Cc3ccccc3CO2)[C@@H](O)[C@@H]1O. The summed E-state index contributed by atoms with van der Waals surface area (Å²) in [5.41, 5.74) is 2.09. The van der Waals surface area contributed by atoms with Crippen LogP contribution >= 0.6 is 0 Å². The van der Waals surface area contributed by atoms with Gasteiger partial charge in [0.1, 0.15) is 18.3 Å². The van der Waals surface area contributed by atoms with Gasteiger partial charge in [0.15, 0.2) is 0 Å². The fourth-order valence-electron chi connectivity index (χ4n) is 2.66. The number of benzene rings is 1. The summed E-state index contributed by atoms with van der Waals surface area (Å²) >= 11 is 0. The lowest BCUT2D eigenvalue weighted by Crippen LogP contribution is -2.49. The maximum absolute atomic E-state index is 10.1. The van der Waals surface area contributed by atoms with Gasteiger partial charge in [0, 0.05) is 6.42 Å². The molecule has 0 saturated carbocycles. The highest BCUT2D eigenvalue weighted by atomic mass is 16.7. The van der Waals surface area contributed by atoms with E-state index in [0.29, 0.717) is 13.0 Å². The number of ether oxygens (including phenoxy) is 2. The molecule has 3 N–H and O–H groups in total. The molecule has 0 radical (unpaired) electrons. The van der Waals surface area contributed by atoms with E-state index in [2.05, 4.69) is 0 Å².